The van der Waals surface area contributed by atoms with Crippen LogP contribution >= 0.6 is 0 Å². The van der Waals surface area contributed by atoms with Crippen molar-refractivity contribution in [3.63, 3.8) is 0 Å². The molecule has 0 bridgehead atoms. The van der Waals surface area contributed by atoms with Crippen molar-refractivity contribution >= 4 is 5.91 Å². The lowest BCUT2D eigenvalue weighted by molar-refractivity contribution is 0.0368. The van der Waals surface area contributed by atoms with Crippen LogP contribution in [0.1, 0.15) is 36.0 Å². The molecular weight excluding hydrogens is 444 g/mol. The largest absolute Gasteiger partial charge is 0.493 e. The molecule has 1 aromatic rings. The van der Waals surface area contributed by atoms with Crippen molar-refractivity contribution in [2.45, 2.75) is 32.0 Å². The SMILES string of the molecule is C=CC/C=C/C=C/C=C(/CC=C)C1Oc2cc(OCCCCN3CCOCC3)c(C(N)=O)cc2O1. The van der Waals surface area contributed by atoms with E-state index in [1.54, 1.807) is 18.2 Å². The van der Waals surface area contributed by atoms with Gasteiger partial charge < -0.3 is 24.7 Å². The molecular formula is C28H36N2O5. The average Bonchev–Trinajstić information content (AvgIpc) is 3.28. The molecule has 2 aliphatic heterocycles. The molecule has 0 spiro atoms. The highest BCUT2D eigenvalue weighted by molar-refractivity contribution is 5.96. The molecule has 188 valence electrons. The normalized spacial score (nSPS) is 18.3. The van der Waals surface area contributed by atoms with Crippen LogP contribution in [0.15, 0.2) is 73.4 Å². The summed E-state index contributed by atoms with van der Waals surface area (Å²) in [4.78, 5) is 14.5. The van der Waals surface area contributed by atoms with Gasteiger partial charge in [0.05, 0.1) is 25.4 Å². The molecule has 1 fully saturated rings. The summed E-state index contributed by atoms with van der Waals surface area (Å²) in [5.41, 5.74) is 6.79. The number of primary amides is 1. The third-order valence-electron chi connectivity index (χ3n) is 5.66. The number of carbonyl (C=O) groups is 1. The second-order valence-electron chi connectivity index (χ2n) is 8.31. The Morgan fingerprint density at radius 1 is 1.09 bits per heavy atom. The van der Waals surface area contributed by atoms with E-state index in [1.807, 2.05) is 36.5 Å². The van der Waals surface area contributed by atoms with Crippen molar-refractivity contribution in [1.82, 2.24) is 4.90 Å². The van der Waals surface area contributed by atoms with Gasteiger partial charge >= 0.3 is 0 Å². The first-order chi connectivity index (χ1) is 17.1. The first-order valence-corrected chi connectivity index (χ1v) is 12.1. The quantitative estimate of drug-likeness (QED) is 0.239. The minimum absolute atomic E-state index is 0.280. The number of amides is 1. The summed E-state index contributed by atoms with van der Waals surface area (Å²) in [5, 5.41) is 0. The molecule has 1 amide bonds. The number of hydrogen-bond donors (Lipinski definition) is 1. The second-order valence-corrected chi connectivity index (χ2v) is 8.31. The Bertz CT molecular complexity index is 960. The predicted octanol–water partition coefficient (Wildman–Crippen LogP) is 4.57. The van der Waals surface area contributed by atoms with E-state index >= 15 is 0 Å². The van der Waals surface area contributed by atoms with Gasteiger partial charge in [-0.05, 0) is 32.2 Å². The van der Waals surface area contributed by atoms with E-state index in [-0.39, 0.29) is 5.56 Å². The number of allylic oxidation sites excluding steroid dienone is 7. The summed E-state index contributed by atoms with van der Waals surface area (Å²) >= 11 is 0. The minimum atomic E-state index is -0.616. The minimum Gasteiger partial charge on any atom is -0.493 e. The van der Waals surface area contributed by atoms with Crippen molar-refractivity contribution < 1.29 is 23.7 Å². The van der Waals surface area contributed by atoms with Crippen LogP contribution in [-0.2, 0) is 4.74 Å². The van der Waals surface area contributed by atoms with E-state index < -0.39 is 12.2 Å². The van der Waals surface area contributed by atoms with E-state index in [0.29, 0.717) is 30.3 Å². The Hall–Kier alpha value is -3.29. The molecule has 0 aromatic heterocycles. The third kappa shape index (κ3) is 8.16. The monoisotopic (exact) mass is 480 g/mol. The van der Waals surface area contributed by atoms with E-state index in [1.165, 1.54) is 0 Å². The second kappa shape index (κ2) is 14.2. The number of nitrogens with zero attached hydrogens (tertiary/aromatic N) is 1. The summed E-state index contributed by atoms with van der Waals surface area (Å²) in [6.45, 7) is 12.6. The first kappa shape index (κ1) is 26.3. The Kier molecular flexibility index (Phi) is 10.7. The van der Waals surface area contributed by atoms with Crippen molar-refractivity contribution in [2.75, 3.05) is 39.5 Å². The third-order valence-corrected chi connectivity index (χ3v) is 5.66. The van der Waals surface area contributed by atoms with Crippen LogP contribution in [0.5, 0.6) is 17.2 Å². The Morgan fingerprint density at radius 3 is 2.57 bits per heavy atom. The van der Waals surface area contributed by atoms with Gasteiger partial charge in [-0.1, -0.05) is 42.5 Å². The Labute approximate surface area is 208 Å². The standard InChI is InChI=1S/C28H36N2O5/c1-3-5-6-7-8-9-13-22(12-4-2)28-34-25-20-23(27(29)31)24(21-26(25)35-28)33-17-11-10-14-30-15-18-32-19-16-30/h3-4,6-9,13,20-21,28H,1-2,5,10-12,14-19H2,(H2,29,31)/b7-6+,9-8+,22-13-. The van der Waals surface area contributed by atoms with Gasteiger partial charge in [0.25, 0.3) is 12.2 Å². The molecule has 35 heavy (non-hydrogen) atoms. The Balaban J connectivity index is 1.61. The number of morpholine rings is 1. The zero-order valence-electron chi connectivity index (χ0n) is 20.3. The van der Waals surface area contributed by atoms with E-state index in [9.17, 15) is 4.79 Å². The highest BCUT2D eigenvalue weighted by Gasteiger charge is 2.29. The molecule has 1 atom stereocenters. The number of unbranched alkanes of at least 4 members (excludes halogenated alkanes) is 1. The van der Waals surface area contributed by atoms with Gasteiger partial charge in [0.1, 0.15) is 5.75 Å². The number of benzene rings is 1. The highest BCUT2D eigenvalue weighted by atomic mass is 16.7. The molecule has 1 unspecified atom stereocenters. The van der Waals surface area contributed by atoms with Crippen molar-refractivity contribution in [3.05, 3.63) is 79.0 Å². The summed E-state index contributed by atoms with van der Waals surface area (Å²) in [6.07, 6.45) is 16.1. The number of nitrogens with two attached hydrogens (primary N) is 1. The van der Waals surface area contributed by atoms with Gasteiger partial charge in [-0.15, -0.1) is 13.2 Å². The van der Waals surface area contributed by atoms with Gasteiger partial charge in [-0.2, -0.15) is 0 Å². The van der Waals surface area contributed by atoms with Gasteiger partial charge in [0.2, 0.25) is 0 Å². The smallest absolute Gasteiger partial charge is 0.264 e. The van der Waals surface area contributed by atoms with Crippen LogP contribution in [0.2, 0.25) is 0 Å². The topological polar surface area (TPSA) is 83.3 Å². The predicted molar refractivity (Wildman–Crippen MR) is 138 cm³/mol. The average molecular weight is 481 g/mol. The highest BCUT2D eigenvalue weighted by Crippen LogP contribution is 2.41. The van der Waals surface area contributed by atoms with Crippen molar-refractivity contribution in [1.29, 1.82) is 0 Å². The zero-order chi connectivity index (χ0) is 24.9. The lowest BCUT2D eigenvalue weighted by atomic mass is 10.1. The van der Waals surface area contributed by atoms with E-state index in [2.05, 4.69) is 18.1 Å². The fraction of sp³-hybridized carbons (Fsp3) is 0.393. The molecule has 3 rings (SSSR count). The fourth-order valence-electron chi connectivity index (χ4n) is 3.79. The lowest BCUT2D eigenvalue weighted by Gasteiger charge is -2.26. The summed E-state index contributed by atoms with van der Waals surface area (Å²) in [5.74, 6) is 0.828. The van der Waals surface area contributed by atoms with Gasteiger partial charge in [0, 0.05) is 30.8 Å². The lowest BCUT2D eigenvalue weighted by Crippen LogP contribution is -2.36. The maximum atomic E-state index is 12.1. The number of hydrogen-bond acceptors (Lipinski definition) is 6. The van der Waals surface area contributed by atoms with Crippen LogP contribution in [-0.4, -0.2) is 56.6 Å². The maximum Gasteiger partial charge on any atom is 0.264 e. The molecule has 0 aliphatic carbocycles. The molecule has 2 heterocycles. The van der Waals surface area contributed by atoms with Crippen molar-refractivity contribution in [2.24, 2.45) is 5.73 Å². The molecule has 0 saturated carbocycles. The van der Waals surface area contributed by atoms with Gasteiger partial charge in [0.15, 0.2) is 11.5 Å². The zero-order valence-corrected chi connectivity index (χ0v) is 20.3. The number of rotatable bonds is 14. The molecule has 7 heteroatoms. The number of fused-ring (bicyclic) bond motifs is 1. The Morgan fingerprint density at radius 2 is 1.86 bits per heavy atom. The van der Waals surface area contributed by atoms with Gasteiger partial charge in [-0.3, -0.25) is 9.69 Å². The molecule has 1 saturated heterocycles. The van der Waals surface area contributed by atoms with E-state index in [4.69, 9.17) is 24.7 Å². The summed E-state index contributed by atoms with van der Waals surface area (Å²) in [6, 6.07) is 3.29. The molecule has 7 nitrogen and oxygen atoms in total. The fourth-order valence-corrected chi connectivity index (χ4v) is 3.79. The van der Waals surface area contributed by atoms with Crippen LogP contribution in [0, 0.1) is 0 Å². The molecule has 0 radical (unpaired) electrons. The summed E-state index contributed by atoms with van der Waals surface area (Å²) < 4.78 is 23.3. The van der Waals surface area contributed by atoms with Crippen LogP contribution < -0.4 is 19.9 Å². The molecule has 2 aliphatic rings. The number of ether oxygens (including phenoxy) is 4. The maximum absolute atomic E-state index is 12.1. The van der Waals surface area contributed by atoms with E-state index in [0.717, 1.165) is 57.7 Å². The van der Waals surface area contributed by atoms with Crippen LogP contribution in [0.4, 0.5) is 0 Å². The summed E-state index contributed by atoms with van der Waals surface area (Å²) in [7, 11) is 0. The van der Waals surface area contributed by atoms with Crippen molar-refractivity contribution in [3.8, 4) is 17.2 Å². The molecule has 1 aromatic carbocycles. The number of carbonyl (C=O) groups excluding carboxylic acids is 1. The first-order valence-electron chi connectivity index (χ1n) is 12.1. The van der Waals surface area contributed by atoms with Crippen LogP contribution in [0.3, 0.4) is 0 Å². The molecule has 2 N–H and O–H groups in total. The van der Waals surface area contributed by atoms with Crippen LogP contribution in [0.25, 0.3) is 0 Å². The van der Waals surface area contributed by atoms with Gasteiger partial charge in [-0.25, -0.2) is 0 Å².